The SMILES string of the molecule is C1=CC(=C2C=C[C-]([n+]3cnc[cH-]3)C=C2)C=C1.[Fe+2].c1cc[cH-]c1. The summed E-state index contributed by atoms with van der Waals surface area (Å²) in [5, 5.41) is 0. The molecule has 2 aliphatic carbocycles. The molecule has 0 saturated carbocycles. The first-order chi connectivity index (χ1) is 10.4. The molecule has 22 heavy (non-hydrogen) atoms. The number of imidazole rings is 1. The van der Waals surface area contributed by atoms with Crippen LogP contribution in [0.3, 0.4) is 0 Å². The molecule has 0 fully saturated rings. The van der Waals surface area contributed by atoms with E-state index >= 15 is 0 Å². The summed E-state index contributed by atoms with van der Waals surface area (Å²) < 4.78 is 1.99. The molecule has 0 unspecified atom stereocenters. The van der Waals surface area contributed by atoms with Crippen LogP contribution in [0.5, 0.6) is 0 Å². The van der Waals surface area contributed by atoms with Gasteiger partial charge in [0.1, 0.15) is 0 Å². The van der Waals surface area contributed by atoms with Gasteiger partial charge in [-0.3, -0.25) is 0 Å². The number of nitrogens with zero attached hydrogens (tertiary/aromatic N) is 2. The van der Waals surface area contributed by atoms with Gasteiger partial charge in [-0.25, -0.2) is 12.1 Å². The zero-order chi connectivity index (χ0) is 14.3. The number of hydrogen-bond acceptors (Lipinski definition) is 1. The summed E-state index contributed by atoms with van der Waals surface area (Å²) in [6.45, 7) is 0. The van der Waals surface area contributed by atoms with Gasteiger partial charge in [-0.05, 0) is 11.6 Å². The van der Waals surface area contributed by atoms with Crippen molar-refractivity contribution in [3.05, 3.63) is 115 Å². The molecule has 4 rings (SSSR count). The molecule has 0 bridgehead atoms. The van der Waals surface area contributed by atoms with Gasteiger partial charge in [0.05, 0.1) is 6.20 Å². The maximum atomic E-state index is 4.03. The van der Waals surface area contributed by atoms with E-state index in [2.05, 4.69) is 53.6 Å². The normalized spacial score (nSPS) is 14.8. The van der Waals surface area contributed by atoms with Gasteiger partial charge in [0, 0.05) is 6.20 Å². The fourth-order valence-electron chi connectivity index (χ4n) is 2.13. The van der Waals surface area contributed by atoms with Gasteiger partial charge in [-0.15, -0.1) is 10.6 Å². The van der Waals surface area contributed by atoms with Crippen molar-refractivity contribution in [1.82, 2.24) is 4.98 Å². The monoisotopic (exact) mass is 328 g/mol. The fraction of sp³-hybridized carbons (Fsp3) is 0. The Morgan fingerprint density at radius 2 is 1.55 bits per heavy atom. The van der Waals surface area contributed by atoms with Crippen LogP contribution in [-0.4, -0.2) is 4.98 Å². The Hall–Kier alpha value is -2.35. The first kappa shape index (κ1) is 16.0. The average Bonchev–Trinajstić information content (AvgIpc) is 3.32. The third-order valence-electron chi connectivity index (χ3n) is 3.22. The van der Waals surface area contributed by atoms with Crippen molar-refractivity contribution in [1.29, 1.82) is 0 Å². The Morgan fingerprint density at radius 3 is 2.05 bits per heavy atom. The zero-order valence-corrected chi connectivity index (χ0v) is 13.1. The molecule has 2 nitrogen and oxygen atoms in total. The van der Waals surface area contributed by atoms with E-state index in [1.807, 2.05) is 41.1 Å². The van der Waals surface area contributed by atoms with E-state index in [0.29, 0.717) is 0 Å². The van der Waals surface area contributed by atoms with Gasteiger partial charge in [-0.1, -0.05) is 24.3 Å². The molecule has 1 aromatic carbocycles. The van der Waals surface area contributed by atoms with E-state index in [1.165, 1.54) is 11.1 Å². The predicted molar refractivity (Wildman–Crippen MR) is 84.3 cm³/mol. The molecule has 2 aromatic rings. The number of aromatic nitrogens is 2. The van der Waals surface area contributed by atoms with Gasteiger partial charge in [0.25, 0.3) is 0 Å². The summed E-state index contributed by atoms with van der Waals surface area (Å²) in [4.78, 5) is 4.03. The third-order valence-corrected chi connectivity index (χ3v) is 3.22. The van der Waals surface area contributed by atoms with Gasteiger partial charge in [-0.2, -0.15) is 42.5 Å². The molecular formula is C19H16FeN2. The zero-order valence-electron chi connectivity index (χ0n) is 12.0. The molecule has 0 amide bonds. The van der Waals surface area contributed by atoms with E-state index in [9.17, 15) is 0 Å². The van der Waals surface area contributed by atoms with Crippen molar-refractivity contribution in [3.8, 4) is 0 Å². The largest absolute Gasteiger partial charge is 2.00 e. The molecule has 0 spiro atoms. The predicted octanol–water partition coefficient (Wildman–Crippen LogP) is 3.42. The molecule has 1 heterocycles. The van der Waals surface area contributed by atoms with Gasteiger partial charge in [0.2, 0.25) is 0 Å². The summed E-state index contributed by atoms with van der Waals surface area (Å²) >= 11 is 0. The van der Waals surface area contributed by atoms with Gasteiger partial charge in [0.15, 0.2) is 6.33 Å². The van der Waals surface area contributed by atoms with Crippen LogP contribution < -0.4 is 4.57 Å². The minimum Gasteiger partial charge on any atom is -0.393 e. The molecular weight excluding hydrogens is 312 g/mol. The van der Waals surface area contributed by atoms with E-state index < -0.39 is 0 Å². The van der Waals surface area contributed by atoms with Crippen molar-refractivity contribution in [2.45, 2.75) is 0 Å². The first-order valence-corrected chi connectivity index (χ1v) is 6.91. The van der Waals surface area contributed by atoms with Crippen LogP contribution in [0.1, 0.15) is 0 Å². The van der Waals surface area contributed by atoms with Crippen LogP contribution in [0.2, 0.25) is 0 Å². The summed E-state index contributed by atoms with van der Waals surface area (Å²) in [5.41, 5.74) is 2.51. The topological polar surface area (TPSA) is 16.8 Å². The quantitative estimate of drug-likeness (QED) is 0.445. The minimum atomic E-state index is 0. The molecule has 0 aliphatic heterocycles. The Morgan fingerprint density at radius 1 is 0.909 bits per heavy atom. The number of rotatable bonds is 1. The summed E-state index contributed by atoms with van der Waals surface area (Å²) in [5.74, 6) is 0. The summed E-state index contributed by atoms with van der Waals surface area (Å²) in [7, 11) is 0. The molecule has 0 radical (unpaired) electrons. The number of allylic oxidation sites excluding steroid dienone is 10. The van der Waals surface area contributed by atoms with Crippen LogP contribution in [0, 0.1) is 6.04 Å². The van der Waals surface area contributed by atoms with Crippen LogP contribution in [0.15, 0.2) is 109 Å². The van der Waals surface area contributed by atoms with E-state index in [0.717, 1.165) is 6.04 Å². The van der Waals surface area contributed by atoms with Crippen molar-refractivity contribution < 1.29 is 21.6 Å². The second-order valence-corrected chi connectivity index (χ2v) is 4.65. The van der Waals surface area contributed by atoms with E-state index in [1.54, 1.807) is 12.5 Å². The second-order valence-electron chi connectivity index (χ2n) is 4.65. The maximum absolute atomic E-state index is 4.03. The second kappa shape index (κ2) is 8.18. The van der Waals surface area contributed by atoms with Crippen LogP contribution in [0.25, 0.3) is 0 Å². The molecule has 3 heteroatoms. The van der Waals surface area contributed by atoms with Gasteiger partial charge < -0.3 is 4.57 Å². The first-order valence-electron chi connectivity index (χ1n) is 6.91. The molecule has 110 valence electrons. The van der Waals surface area contributed by atoms with E-state index in [4.69, 9.17) is 0 Å². The molecule has 2 aliphatic rings. The minimum absolute atomic E-state index is 0. The van der Waals surface area contributed by atoms with Crippen LogP contribution in [0.4, 0.5) is 0 Å². The summed E-state index contributed by atoms with van der Waals surface area (Å²) in [6, 6.07) is 11.1. The van der Waals surface area contributed by atoms with Gasteiger partial charge >= 0.3 is 17.1 Å². The molecule has 1 aromatic heterocycles. The Labute approximate surface area is 141 Å². The van der Waals surface area contributed by atoms with Crippen LogP contribution in [-0.2, 0) is 17.1 Å². The summed E-state index contributed by atoms with van der Waals surface area (Å²) in [6.07, 6.45) is 22.3. The fourth-order valence-corrected chi connectivity index (χ4v) is 2.13. The van der Waals surface area contributed by atoms with Crippen molar-refractivity contribution >= 4 is 0 Å². The number of hydrogen-bond donors (Lipinski definition) is 0. The molecule has 0 N–H and O–H groups in total. The molecule has 0 saturated heterocycles. The smallest absolute Gasteiger partial charge is 0.393 e. The molecule has 0 atom stereocenters. The third kappa shape index (κ3) is 4.08. The van der Waals surface area contributed by atoms with Crippen molar-refractivity contribution in [3.63, 3.8) is 0 Å². The van der Waals surface area contributed by atoms with Crippen molar-refractivity contribution in [2.24, 2.45) is 0 Å². The average molecular weight is 328 g/mol. The standard InChI is InChI=1S/C14H11N2.C5H5.Fe/c1-2-4-12(3-1)13-5-7-14(8-6-13)16-10-9-15-11-16;1-2-4-5-3-1;/h1-11H;1-5H;/q2*-1;+2. The Bertz CT molecular complexity index is 651. The van der Waals surface area contributed by atoms with E-state index in [-0.39, 0.29) is 17.1 Å². The Balaban J connectivity index is 0.000000253. The maximum Gasteiger partial charge on any atom is 2.00 e. The van der Waals surface area contributed by atoms with Crippen LogP contribution >= 0.6 is 0 Å². The Kier molecular flexibility index (Phi) is 5.96. The van der Waals surface area contributed by atoms with Crippen molar-refractivity contribution in [2.75, 3.05) is 0 Å².